The zero-order valence-electron chi connectivity index (χ0n) is 18.8. The standard InChI is InChI=1S/C26H26N4O4/c1-17-6-12-22(27-16-17)19-10-7-18(8-11-19)9-13-24(31)21(26(33)34)14-15-30-25(32)20-4-2-3-5-23(20)28-29-30/h2-8,10-12,16,21,24,31H,9,13-15H2,1H3,(H,33,34)/t21-,24+/m0/s1. The zero-order chi connectivity index (χ0) is 24.1. The Balaban J connectivity index is 1.37. The number of aromatic nitrogens is 4. The predicted octanol–water partition coefficient (Wildman–Crippen LogP) is 3.25. The van der Waals surface area contributed by atoms with Gasteiger partial charge < -0.3 is 10.2 Å². The number of pyridine rings is 1. The Morgan fingerprint density at radius 2 is 1.79 bits per heavy atom. The van der Waals surface area contributed by atoms with Crippen LogP contribution in [0, 0.1) is 12.8 Å². The van der Waals surface area contributed by atoms with E-state index in [1.807, 2.05) is 49.5 Å². The van der Waals surface area contributed by atoms with E-state index in [1.165, 1.54) is 0 Å². The minimum atomic E-state index is -1.10. The van der Waals surface area contributed by atoms with Crippen molar-refractivity contribution in [1.82, 2.24) is 20.0 Å². The highest BCUT2D eigenvalue weighted by molar-refractivity contribution is 5.76. The summed E-state index contributed by atoms with van der Waals surface area (Å²) in [5.74, 6) is -2.12. The molecule has 0 saturated carbocycles. The number of benzene rings is 2. The summed E-state index contributed by atoms with van der Waals surface area (Å²) in [6, 6.07) is 18.7. The average Bonchev–Trinajstić information content (AvgIpc) is 2.85. The van der Waals surface area contributed by atoms with Gasteiger partial charge in [-0.2, -0.15) is 0 Å². The Morgan fingerprint density at radius 1 is 1.03 bits per heavy atom. The number of hydrogen-bond acceptors (Lipinski definition) is 6. The lowest BCUT2D eigenvalue weighted by atomic mass is 9.93. The lowest BCUT2D eigenvalue weighted by Gasteiger charge is -2.19. The van der Waals surface area contributed by atoms with Crippen LogP contribution in [-0.2, 0) is 17.8 Å². The number of rotatable bonds is 9. The molecule has 2 aromatic heterocycles. The number of carbonyl (C=O) groups is 1. The van der Waals surface area contributed by atoms with Crippen molar-refractivity contribution in [2.45, 2.75) is 38.8 Å². The van der Waals surface area contributed by atoms with Crippen LogP contribution in [0.25, 0.3) is 22.2 Å². The summed E-state index contributed by atoms with van der Waals surface area (Å²) in [6.07, 6.45) is 1.66. The predicted molar refractivity (Wildman–Crippen MR) is 128 cm³/mol. The quantitative estimate of drug-likeness (QED) is 0.395. The van der Waals surface area contributed by atoms with E-state index in [9.17, 15) is 19.8 Å². The Morgan fingerprint density at radius 3 is 2.50 bits per heavy atom. The van der Waals surface area contributed by atoms with Crippen LogP contribution in [-0.4, -0.2) is 42.3 Å². The van der Waals surface area contributed by atoms with E-state index in [1.54, 1.807) is 24.3 Å². The van der Waals surface area contributed by atoms with Crippen LogP contribution in [0.1, 0.15) is 24.0 Å². The minimum absolute atomic E-state index is 0.0585. The highest BCUT2D eigenvalue weighted by Crippen LogP contribution is 2.20. The van der Waals surface area contributed by atoms with Crippen molar-refractivity contribution in [2.75, 3.05) is 0 Å². The number of aliphatic hydroxyl groups is 1. The largest absolute Gasteiger partial charge is 0.481 e. The first-order chi connectivity index (χ1) is 16.4. The molecule has 0 aliphatic carbocycles. The van der Waals surface area contributed by atoms with Gasteiger partial charge in [0.1, 0.15) is 5.52 Å². The lowest BCUT2D eigenvalue weighted by Crippen LogP contribution is -2.32. The van der Waals surface area contributed by atoms with Gasteiger partial charge in [-0.25, -0.2) is 4.68 Å². The van der Waals surface area contributed by atoms with Gasteiger partial charge in [-0.3, -0.25) is 14.6 Å². The number of carboxylic acids is 1. The summed E-state index contributed by atoms with van der Waals surface area (Å²) >= 11 is 0. The molecule has 0 amide bonds. The molecule has 0 aliphatic rings. The monoisotopic (exact) mass is 458 g/mol. The molecule has 174 valence electrons. The van der Waals surface area contributed by atoms with Crippen molar-refractivity contribution in [1.29, 1.82) is 0 Å². The van der Waals surface area contributed by atoms with Crippen LogP contribution in [0.5, 0.6) is 0 Å². The molecule has 2 aromatic carbocycles. The molecule has 34 heavy (non-hydrogen) atoms. The Bertz CT molecular complexity index is 1330. The molecule has 0 fully saturated rings. The minimum Gasteiger partial charge on any atom is -0.481 e. The van der Waals surface area contributed by atoms with Crippen LogP contribution < -0.4 is 5.56 Å². The molecule has 4 rings (SSSR count). The Labute approximate surface area is 196 Å². The molecular formula is C26H26N4O4. The van der Waals surface area contributed by atoms with Crippen molar-refractivity contribution < 1.29 is 15.0 Å². The molecule has 8 nitrogen and oxygen atoms in total. The van der Waals surface area contributed by atoms with Crippen molar-refractivity contribution in [3.8, 4) is 11.3 Å². The second-order valence-electron chi connectivity index (χ2n) is 8.39. The molecule has 4 aromatic rings. The molecule has 2 N–H and O–H groups in total. The molecule has 0 bridgehead atoms. The second-order valence-corrected chi connectivity index (χ2v) is 8.39. The van der Waals surface area contributed by atoms with Gasteiger partial charge in [0.05, 0.1) is 23.1 Å². The summed E-state index contributed by atoms with van der Waals surface area (Å²) in [6.45, 7) is 2.05. The van der Waals surface area contributed by atoms with Gasteiger partial charge in [0.2, 0.25) is 0 Å². The van der Waals surface area contributed by atoms with E-state index in [0.29, 0.717) is 17.3 Å². The third-order valence-electron chi connectivity index (χ3n) is 5.95. The van der Waals surface area contributed by atoms with Crippen LogP contribution in [0.4, 0.5) is 0 Å². The van der Waals surface area contributed by atoms with Gasteiger partial charge in [0.15, 0.2) is 0 Å². The summed E-state index contributed by atoms with van der Waals surface area (Å²) < 4.78 is 1.16. The second kappa shape index (κ2) is 10.4. The number of carboxylic acid groups (broad SMARTS) is 1. The first-order valence-corrected chi connectivity index (χ1v) is 11.2. The molecule has 0 aliphatic heterocycles. The van der Waals surface area contributed by atoms with Crippen LogP contribution in [0.2, 0.25) is 0 Å². The lowest BCUT2D eigenvalue weighted by molar-refractivity contribution is -0.146. The van der Waals surface area contributed by atoms with E-state index in [2.05, 4.69) is 15.3 Å². The fraction of sp³-hybridized carbons (Fsp3) is 0.269. The summed E-state index contributed by atoms with van der Waals surface area (Å²) in [7, 11) is 0. The molecule has 8 heteroatoms. The van der Waals surface area contributed by atoms with Crippen LogP contribution in [0.15, 0.2) is 71.7 Å². The Kier molecular flexibility index (Phi) is 7.08. The molecule has 0 unspecified atom stereocenters. The zero-order valence-corrected chi connectivity index (χ0v) is 18.8. The van der Waals surface area contributed by atoms with Gasteiger partial charge in [0, 0.05) is 18.3 Å². The number of hydrogen-bond donors (Lipinski definition) is 2. The fourth-order valence-electron chi connectivity index (χ4n) is 3.91. The van der Waals surface area contributed by atoms with E-state index in [-0.39, 0.29) is 24.9 Å². The van der Waals surface area contributed by atoms with Crippen molar-refractivity contribution >= 4 is 16.9 Å². The third kappa shape index (κ3) is 5.35. The maximum Gasteiger partial charge on any atom is 0.309 e. The van der Waals surface area contributed by atoms with Gasteiger partial charge in [-0.1, -0.05) is 47.7 Å². The summed E-state index contributed by atoms with van der Waals surface area (Å²) in [5.41, 5.74) is 4.13. The number of nitrogens with zero attached hydrogens (tertiary/aromatic N) is 4. The Hall–Kier alpha value is -3.91. The van der Waals surface area contributed by atoms with Gasteiger partial charge in [0.25, 0.3) is 5.56 Å². The molecule has 2 heterocycles. The first-order valence-electron chi connectivity index (χ1n) is 11.2. The maximum atomic E-state index is 12.6. The van der Waals surface area contributed by atoms with Crippen LogP contribution in [0.3, 0.4) is 0 Å². The van der Waals surface area contributed by atoms with Crippen molar-refractivity contribution in [3.63, 3.8) is 0 Å². The molecule has 0 radical (unpaired) electrons. The van der Waals surface area contributed by atoms with Crippen molar-refractivity contribution in [2.24, 2.45) is 5.92 Å². The van der Waals surface area contributed by atoms with Gasteiger partial charge >= 0.3 is 5.97 Å². The fourth-order valence-corrected chi connectivity index (χ4v) is 3.91. The number of aliphatic carboxylic acids is 1. The topological polar surface area (TPSA) is 118 Å². The van der Waals surface area contributed by atoms with E-state index in [0.717, 1.165) is 27.1 Å². The molecule has 0 saturated heterocycles. The van der Waals surface area contributed by atoms with Gasteiger partial charge in [-0.15, -0.1) is 5.10 Å². The first kappa shape index (κ1) is 23.3. The average molecular weight is 459 g/mol. The van der Waals surface area contributed by atoms with E-state index < -0.39 is 18.0 Å². The van der Waals surface area contributed by atoms with E-state index >= 15 is 0 Å². The summed E-state index contributed by atoms with van der Waals surface area (Å²) in [5, 5.41) is 28.6. The number of fused-ring (bicyclic) bond motifs is 1. The smallest absolute Gasteiger partial charge is 0.309 e. The molecule has 0 spiro atoms. The SMILES string of the molecule is Cc1ccc(-c2ccc(CC[C@@H](O)[C@H](CCn3nnc4ccccc4c3=O)C(=O)O)cc2)nc1. The van der Waals surface area contributed by atoms with E-state index in [4.69, 9.17) is 0 Å². The van der Waals surface area contributed by atoms with Crippen LogP contribution >= 0.6 is 0 Å². The molecule has 2 atom stereocenters. The number of aliphatic hydroxyl groups excluding tert-OH is 1. The highest BCUT2D eigenvalue weighted by Gasteiger charge is 2.26. The van der Waals surface area contributed by atoms with Gasteiger partial charge in [-0.05, 0) is 55.5 Å². The highest BCUT2D eigenvalue weighted by atomic mass is 16.4. The normalized spacial score (nSPS) is 13.0. The molecular weight excluding hydrogens is 432 g/mol. The maximum absolute atomic E-state index is 12.6. The third-order valence-corrected chi connectivity index (χ3v) is 5.95. The van der Waals surface area contributed by atoms with Crippen molar-refractivity contribution in [3.05, 3.63) is 88.3 Å². The number of aryl methyl sites for hydroxylation is 3. The summed E-state index contributed by atoms with van der Waals surface area (Å²) in [4.78, 5) is 28.8.